The zero-order valence-electron chi connectivity index (χ0n) is 8.82. The summed E-state index contributed by atoms with van der Waals surface area (Å²) in [6.07, 6.45) is 0.856. The highest BCUT2D eigenvalue weighted by atomic mass is 28.3. The van der Waals surface area contributed by atoms with E-state index in [1.54, 1.807) is 0 Å². The molecule has 2 N–H and O–H groups in total. The molecule has 0 aliphatic heterocycles. The van der Waals surface area contributed by atoms with Gasteiger partial charge in [0, 0.05) is 0 Å². The lowest BCUT2D eigenvalue weighted by molar-refractivity contribution is -0.148. The Morgan fingerprint density at radius 3 is 2.00 bits per heavy atom. The molecule has 0 rings (SSSR count). The molecule has 0 spiro atoms. The third-order valence-electron chi connectivity index (χ3n) is 1.41. The van der Waals surface area contributed by atoms with E-state index in [0.717, 1.165) is 21.0 Å². The van der Waals surface area contributed by atoms with E-state index in [1.165, 1.54) is 0 Å². The van der Waals surface area contributed by atoms with Crippen LogP contribution in [0.2, 0.25) is 0 Å². The first-order valence-corrected chi connectivity index (χ1v) is 5.97. The largest absolute Gasteiger partial charge is 0.481 e. The minimum absolute atomic E-state index is 0.275. The second-order valence-electron chi connectivity index (χ2n) is 2.83. The van der Waals surface area contributed by atoms with Gasteiger partial charge in [-0.05, 0) is 6.42 Å². The average molecular weight is 238 g/mol. The zero-order chi connectivity index (χ0) is 11.6. The van der Waals surface area contributed by atoms with Gasteiger partial charge in [-0.25, -0.2) is 0 Å². The van der Waals surface area contributed by atoms with Crippen LogP contribution in [0.25, 0.3) is 0 Å². The Balaban J connectivity index is 0. The molecule has 84 valence electrons. The summed E-state index contributed by atoms with van der Waals surface area (Å²) in [4.78, 5) is 20.5. The molecule has 0 aromatic carbocycles. The van der Waals surface area contributed by atoms with Crippen molar-refractivity contribution in [2.45, 2.75) is 26.2 Å². The standard InChI is InChI=1S/C7H12O4.H6OSi2/c1-2-3-5(7(10)11)4-6(8)9;2-1-3/h5H,2-4H2,1H3,(H,8,9)(H,10,11);2-3H3. The summed E-state index contributed by atoms with van der Waals surface area (Å²) in [5.74, 6) is -2.79. The van der Waals surface area contributed by atoms with E-state index in [-0.39, 0.29) is 6.42 Å². The van der Waals surface area contributed by atoms with Crippen molar-refractivity contribution >= 4 is 32.9 Å². The van der Waals surface area contributed by atoms with Gasteiger partial charge in [-0.2, -0.15) is 0 Å². The van der Waals surface area contributed by atoms with Gasteiger partial charge < -0.3 is 14.3 Å². The van der Waals surface area contributed by atoms with Crippen LogP contribution in [-0.2, 0) is 13.7 Å². The highest BCUT2D eigenvalue weighted by Crippen LogP contribution is 2.10. The van der Waals surface area contributed by atoms with Crippen LogP contribution >= 0.6 is 0 Å². The van der Waals surface area contributed by atoms with Crippen molar-refractivity contribution < 1.29 is 23.9 Å². The Morgan fingerprint density at radius 1 is 1.36 bits per heavy atom. The van der Waals surface area contributed by atoms with Gasteiger partial charge in [0.2, 0.25) is 0 Å². The number of carbonyl (C=O) groups is 2. The number of carboxylic acids is 2. The SMILES string of the molecule is CCCC(CC(=O)O)C(=O)O.[SiH3]O[SiH3]. The maximum atomic E-state index is 10.4. The molecule has 1 unspecified atom stereocenters. The Morgan fingerprint density at radius 2 is 1.79 bits per heavy atom. The highest BCUT2D eigenvalue weighted by Gasteiger charge is 2.19. The van der Waals surface area contributed by atoms with Crippen LogP contribution in [0.3, 0.4) is 0 Å². The van der Waals surface area contributed by atoms with Crippen molar-refractivity contribution in [1.29, 1.82) is 0 Å². The molecule has 0 bridgehead atoms. The fraction of sp³-hybridized carbons (Fsp3) is 0.714. The molecule has 0 aromatic rings. The monoisotopic (exact) mass is 238 g/mol. The van der Waals surface area contributed by atoms with Crippen LogP contribution in [0.15, 0.2) is 0 Å². The maximum absolute atomic E-state index is 10.4. The summed E-state index contributed by atoms with van der Waals surface area (Å²) in [5, 5.41) is 16.8. The Kier molecular flexibility index (Phi) is 11.7. The summed E-state index contributed by atoms with van der Waals surface area (Å²) in [6, 6.07) is 0. The molecule has 0 aliphatic carbocycles. The predicted octanol–water partition coefficient (Wildman–Crippen LogP) is -1.47. The highest BCUT2D eigenvalue weighted by molar-refractivity contribution is 6.15. The molecule has 1 atom stereocenters. The molecule has 0 fully saturated rings. The second-order valence-corrected chi connectivity index (χ2v) is 6.10. The third kappa shape index (κ3) is 11.3. The lowest BCUT2D eigenvalue weighted by atomic mass is 10.0. The molecule has 0 heterocycles. The minimum atomic E-state index is -1.05. The third-order valence-corrected chi connectivity index (χ3v) is 1.41. The number of rotatable bonds is 5. The van der Waals surface area contributed by atoms with Crippen LogP contribution in [0.5, 0.6) is 0 Å². The fourth-order valence-corrected chi connectivity index (χ4v) is 0.872. The Hall–Kier alpha value is -0.666. The first kappa shape index (κ1) is 15.8. The van der Waals surface area contributed by atoms with Crippen molar-refractivity contribution in [1.82, 2.24) is 0 Å². The fourth-order valence-electron chi connectivity index (χ4n) is 0.872. The van der Waals surface area contributed by atoms with Gasteiger partial charge in [-0.15, -0.1) is 0 Å². The van der Waals surface area contributed by atoms with Crippen LogP contribution in [-0.4, -0.2) is 43.1 Å². The molecule has 0 amide bonds. The van der Waals surface area contributed by atoms with Gasteiger partial charge in [0.15, 0.2) is 0 Å². The summed E-state index contributed by atoms with van der Waals surface area (Å²) in [6.45, 7) is 1.83. The maximum Gasteiger partial charge on any atom is 0.307 e. The number of hydrogen-bond acceptors (Lipinski definition) is 3. The molecule has 0 aliphatic rings. The molecular weight excluding hydrogens is 220 g/mol. The average Bonchev–Trinajstić information content (AvgIpc) is 2.04. The van der Waals surface area contributed by atoms with E-state index < -0.39 is 17.9 Å². The number of hydrogen-bond donors (Lipinski definition) is 2. The topological polar surface area (TPSA) is 83.8 Å². The normalized spacial score (nSPS) is 11.5. The van der Waals surface area contributed by atoms with Gasteiger partial charge in [-0.3, -0.25) is 9.59 Å². The lowest BCUT2D eigenvalue weighted by Gasteiger charge is -2.06. The van der Waals surface area contributed by atoms with Gasteiger partial charge in [0.25, 0.3) is 0 Å². The van der Waals surface area contributed by atoms with Crippen LogP contribution in [0.4, 0.5) is 0 Å². The summed E-state index contributed by atoms with van der Waals surface area (Å²) < 4.78 is 4.53. The Bertz CT molecular complexity index is 173. The van der Waals surface area contributed by atoms with Crippen molar-refractivity contribution in [2.75, 3.05) is 0 Å². The minimum Gasteiger partial charge on any atom is -0.481 e. The van der Waals surface area contributed by atoms with Crippen molar-refractivity contribution in [3.05, 3.63) is 0 Å². The molecular formula is C7H18O5Si2. The van der Waals surface area contributed by atoms with Crippen molar-refractivity contribution in [2.24, 2.45) is 5.92 Å². The van der Waals surface area contributed by atoms with Crippen molar-refractivity contribution in [3.63, 3.8) is 0 Å². The smallest absolute Gasteiger partial charge is 0.307 e. The van der Waals surface area contributed by atoms with E-state index in [2.05, 4.69) is 4.12 Å². The molecule has 0 saturated carbocycles. The summed E-state index contributed by atoms with van der Waals surface area (Å²) >= 11 is 0. The van der Waals surface area contributed by atoms with E-state index >= 15 is 0 Å². The lowest BCUT2D eigenvalue weighted by Crippen LogP contribution is -2.17. The second kappa shape index (κ2) is 10.4. The molecule has 0 saturated heterocycles. The quantitative estimate of drug-likeness (QED) is 0.571. The van der Waals surface area contributed by atoms with Crippen LogP contribution < -0.4 is 0 Å². The summed E-state index contributed by atoms with van der Waals surface area (Å²) in [5.41, 5.74) is 0. The number of carboxylic acid groups (broad SMARTS) is 2. The van der Waals surface area contributed by atoms with E-state index in [0.29, 0.717) is 12.8 Å². The van der Waals surface area contributed by atoms with Crippen LogP contribution in [0.1, 0.15) is 26.2 Å². The van der Waals surface area contributed by atoms with Gasteiger partial charge in [0.05, 0.1) is 12.3 Å². The predicted molar refractivity (Wildman–Crippen MR) is 59.2 cm³/mol. The molecule has 0 aromatic heterocycles. The van der Waals surface area contributed by atoms with E-state index in [9.17, 15) is 9.59 Å². The molecule has 7 heteroatoms. The summed E-state index contributed by atoms with van der Waals surface area (Å²) in [7, 11) is 1.86. The van der Waals surface area contributed by atoms with E-state index in [1.807, 2.05) is 6.92 Å². The molecule has 0 radical (unpaired) electrons. The van der Waals surface area contributed by atoms with Gasteiger partial charge in [0.1, 0.15) is 21.0 Å². The first-order valence-electron chi connectivity index (χ1n) is 4.34. The van der Waals surface area contributed by atoms with E-state index in [4.69, 9.17) is 10.2 Å². The van der Waals surface area contributed by atoms with Crippen molar-refractivity contribution in [3.8, 4) is 0 Å². The molecule has 14 heavy (non-hydrogen) atoms. The number of aliphatic carboxylic acids is 2. The Labute approximate surface area is 89.5 Å². The van der Waals surface area contributed by atoms with Gasteiger partial charge in [-0.1, -0.05) is 13.3 Å². The molecule has 5 nitrogen and oxygen atoms in total. The van der Waals surface area contributed by atoms with Gasteiger partial charge >= 0.3 is 11.9 Å². The first-order chi connectivity index (χ1) is 6.49. The van der Waals surface area contributed by atoms with Crippen LogP contribution in [0, 0.1) is 5.92 Å². The zero-order valence-corrected chi connectivity index (χ0v) is 12.8.